The van der Waals surface area contributed by atoms with E-state index in [-0.39, 0.29) is 6.04 Å². The molecule has 1 aliphatic rings. The Balaban J connectivity index is 1.79. The number of hydrogen-bond donors (Lipinski definition) is 1. The maximum Gasteiger partial charge on any atom is 0.119 e. The van der Waals surface area contributed by atoms with Crippen molar-refractivity contribution < 1.29 is 4.74 Å². The van der Waals surface area contributed by atoms with Gasteiger partial charge in [0.15, 0.2) is 0 Å². The molecule has 0 aromatic heterocycles. The fraction of sp³-hybridized carbons (Fsp3) is 0.600. The predicted molar refractivity (Wildman–Crippen MR) is 82.5 cm³/mol. The summed E-state index contributed by atoms with van der Waals surface area (Å²) in [7, 11) is 0. The van der Waals surface area contributed by atoms with Gasteiger partial charge in [0.1, 0.15) is 12.4 Å². The number of benzene rings is 1. The lowest BCUT2D eigenvalue weighted by Crippen LogP contribution is -2.50. The number of nitrogens with zero attached hydrogens (tertiary/aromatic N) is 1. The van der Waals surface area contributed by atoms with E-state index in [1.54, 1.807) is 0 Å². The van der Waals surface area contributed by atoms with Crippen LogP contribution in [0.25, 0.3) is 0 Å². The van der Waals surface area contributed by atoms with Gasteiger partial charge >= 0.3 is 0 Å². The van der Waals surface area contributed by atoms with E-state index in [2.05, 4.69) is 27.8 Å². The molecule has 0 radical (unpaired) electrons. The third-order valence-corrected chi connectivity index (χ3v) is 4.26. The second kappa shape index (κ2) is 7.27. The standard InChI is InChI=1S/C15H23BrN2O/c1-12(17)15-4-2-3-9-18(15)10-11-19-14-7-5-13(16)6-8-14/h5-8,12,15H,2-4,9-11,17H2,1H3. The summed E-state index contributed by atoms with van der Waals surface area (Å²) in [5, 5.41) is 0. The Bertz CT molecular complexity index is 380. The highest BCUT2D eigenvalue weighted by atomic mass is 79.9. The average Bonchev–Trinajstić information content (AvgIpc) is 2.41. The van der Waals surface area contributed by atoms with Gasteiger partial charge in [-0.15, -0.1) is 0 Å². The summed E-state index contributed by atoms with van der Waals surface area (Å²) in [4.78, 5) is 2.48. The van der Waals surface area contributed by atoms with Crippen LogP contribution in [0.15, 0.2) is 28.7 Å². The zero-order valence-corrected chi connectivity index (χ0v) is 13.1. The molecule has 2 atom stereocenters. The second-order valence-electron chi connectivity index (χ2n) is 5.26. The molecule has 0 amide bonds. The number of ether oxygens (including phenoxy) is 1. The van der Waals surface area contributed by atoms with Crippen LogP contribution in [-0.2, 0) is 0 Å². The Labute approximate surface area is 124 Å². The second-order valence-corrected chi connectivity index (χ2v) is 6.18. The SMILES string of the molecule is CC(N)C1CCCCN1CCOc1ccc(Br)cc1. The number of rotatable bonds is 5. The number of piperidine rings is 1. The van der Waals surface area contributed by atoms with E-state index in [1.165, 1.54) is 19.3 Å². The minimum atomic E-state index is 0.244. The van der Waals surface area contributed by atoms with E-state index in [0.717, 1.165) is 29.9 Å². The molecule has 0 bridgehead atoms. The topological polar surface area (TPSA) is 38.5 Å². The largest absolute Gasteiger partial charge is 0.492 e. The summed E-state index contributed by atoms with van der Waals surface area (Å²) >= 11 is 3.42. The quantitative estimate of drug-likeness (QED) is 0.903. The normalized spacial score (nSPS) is 22.2. The Kier molecular flexibility index (Phi) is 5.67. The Morgan fingerprint density at radius 2 is 2.11 bits per heavy atom. The Morgan fingerprint density at radius 3 is 2.79 bits per heavy atom. The molecule has 1 saturated heterocycles. The minimum Gasteiger partial charge on any atom is -0.492 e. The molecule has 2 N–H and O–H groups in total. The molecule has 106 valence electrons. The number of halogens is 1. The highest BCUT2D eigenvalue weighted by Crippen LogP contribution is 2.19. The van der Waals surface area contributed by atoms with Crippen molar-refractivity contribution in [3.05, 3.63) is 28.7 Å². The van der Waals surface area contributed by atoms with E-state index in [1.807, 2.05) is 24.3 Å². The molecule has 1 heterocycles. The summed E-state index contributed by atoms with van der Waals surface area (Å²) < 4.78 is 6.87. The van der Waals surface area contributed by atoms with Crippen molar-refractivity contribution in [3.8, 4) is 5.75 Å². The summed E-state index contributed by atoms with van der Waals surface area (Å²) in [6, 6.07) is 8.74. The average molecular weight is 327 g/mol. The van der Waals surface area contributed by atoms with E-state index >= 15 is 0 Å². The Morgan fingerprint density at radius 1 is 1.37 bits per heavy atom. The van der Waals surface area contributed by atoms with Crippen LogP contribution >= 0.6 is 15.9 Å². The van der Waals surface area contributed by atoms with E-state index < -0.39 is 0 Å². The molecular weight excluding hydrogens is 304 g/mol. The van der Waals surface area contributed by atoms with Crippen molar-refractivity contribution in [2.75, 3.05) is 19.7 Å². The fourth-order valence-corrected chi connectivity index (χ4v) is 2.97. The molecule has 4 heteroatoms. The van der Waals surface area contributed by atoms with Crippen LogP contribution in [0.3, 0.4) is 0 Å². The van der Waals surface area contributed by atoms with Crippen LogP contribution < -0.4 is 10.5 Å². The van der Waals surface area contributed by atoms with Crippen LogP contribution in [0.2, 0.25) is 0 Å². The van der Waals surface area contributed by atoms with Gasteiger partial charge in [0.2, 0.25) is 0 Å². The molecule has 1 aromatic rings. The van der Waals surface area contributed by atoms with Gasteiger partial charge < -0.3 is 10.5 Å². The molecule has 2 rings (SSSR count). The lowest BCUT2D eigenvalue weighted by Gasteiger charge is -2.37. The maximum atomic E-state index is 6.07. The predicted octanol–water partition coefficient (Wildman–Crippen LogP) is 3.03. The van der Waals surface area contributed by atoms with Crippen LogP contribution in [0, 0.1) is 0 Å². The van der Waals surface area contributed by atoms with Crippen molar-refractivity contribution in [2.24, 2.45) is 5.73 Å². The lowest BCUT2D eigenvalue weighted by molar-refractivity contribution is 0.109. The van der Waals surface area contributed by atoms with E-state index in [0.29, 0.717) is 6.04 Å². The molecule has 1 fully saturated rings. The van der Waals surface area contributed by atoms with Gasteiger partial charge in [0.25, 0.3) is 0 Å². The van der Waals surface area contributed by atoms with E-state index in [9.17, 15) is 0 Å². The molecule has 2 unspecified atom stereocenters. The van der Waals surface area contributed by atoms with Gasteiger partial charge in [-0.05, 0) is 50.6 Å². The Hall–Kier alpha value is -0.580. The van der Waals surface area contributed by atoms with Gasteiger partial charge in [0.05, 0.1) is 0 Å². The smallest absolute Gasteiger partial charge is 0.119 e. The first-order valence-electron chi connectivity index (χ1n) is 7.05. The molecule has 0 spiro atoms. The third kappa shape index (κ3) is 4.48. The zero-order chi connectivity index (χ0) is 13.7. The maximum absolute atomic E-state index is 6.07. The fourth-order valence-electron chi connectivity index (χ4n) is 2.70. The van der Waals surface area contributed by atoms with Crippen LogP contribution in [0.5, 0.6) is 5.75 Å². The molecule has 19 heavy (non-hydrogen) atoms. The summed E-state index contributed by atoms with van der Waals surface area (Å²) in [6.07, 6.45) is 3.80. The molecular formula is C15H23BrN2O. The summed E-state index contributed by atoms with van der Waals surface area (Å²) in [5.41, 5.74) is 6.07. The highest BCUT2D eigenvalue weighted by Gasteiger charge is 2.24. The van der Waals surface area contributed by atoms with E-state index in [4.69, 9.17) is 10.5 Å². The number of hydrogen-bond acceptors (Lipinski definition) is 3. The third-order valence-electron chi connectivity index (χ3n) is 3.73. The first kappa shape index (κ1) is 14.8. The highest BCUT2D eigenvalue weighted by molar-refractivity contribution is 9.10. The first-order chi connectivity index (χ1) is 9.16. The van der Waals surface area contributed by atoms with Crippen molar-refractivity contribution in [1.82, 2.24) is 4.90 Å². The van der Waals surface area contributed by atoms with Crippen LogP contribution in [0.4, 0.5) is 0 Å². The van der Waals surface area contributed by atoms with Crippen molar-refractivity contribution in [1.29, 1.82) is 0 Å². The first-order valence-corrected chi connectivity index (χ1v) is 7.84. The number of likely N-dealkylation sites (tertiary alicyclic amines) is 1. The van der Waals surface area contributed by atoms with Gasteiger partial charge in [-0.3, -0.25) is 4.90 Å². The summed E-state index contributed by atoms with van der Waals surface area (Å²) in [5.74, 6) is 0.928. The summed E-state index contributed by atoms with van der Waals surface area (Å²) in [6.45, 7) is 4.95. The molecule has 3 nitrogen and oxygen atoms in total. The molecule has 0 saturated carbocycles. The molecule has 0 aliphatic carbocycles. The monoisotopic (exact) mass is 326 g/mol. The van der Waals surface area contributed by atoms with Crippen LogP contribution in [-0.4, -0.2) is 36.7 Å². The van der Waals surface area contributed by atoms with Crippen LogP contribution in [0.1, 0.15) is 26.2 Å². The van der Waals surface area contributed by atoms with Crippen molar-refractivity contribution in [3.63, 3.8) is 0 Å². The van der Waals surface area contributed by atoms with Crippen molar-refractivity contribution >= 4 is 15.9 Å². The lowest BCUT2D eigenvalue weighted by atomic mass is 9.97. The van der Waals surface area contributed by atoms with Gasteiger partial charge in [-0.2, -0.15) is 0 Å². The number of nitrogens with two attached hydrogens (primary N) is 1. The molecule has 1 aromatic carbocycles. The molecule has 1 aliphatic heterocycles. The van der Waals surface area contributed by atoms with Gasteiger partial charge in [-0.1, -0.05) is 22.4 Å². The van der Waals surface area contributed by atoms with Gasteiger partial charge in [0, 0.05) is 23.1 Å². The zero-order valence-electron chi connectivity index (χ0n) is 11.5. The van der Waals surface area contributed by atoms with Gasteiger partial charge in [-0.25, -0.2) is 0 Å². The minimum absolute atomic E-state index is 0.244. The van der Waals surface area contributed by atoms with Crippen molar-refractivity contribution in [2.45, 2.75) is 38.3 Å².